The van der Waals surface area contributed by atoms with Gasteiger partial charge in [-0.3, -0.25) is 4.79 Å². The lowest BCUT2D eigenvalue weighted by Gasteiger charge is -2.12. The molecule has 2 aromatic rings. The number of amides is 1. The number of halogens is 1. The summed E-state index contributed by atoms with van der Waals surface area (Å²) < 4.78 is 5.29. The van der Waals surface area contributed by atoms with E-state index >= 15 is 0 Å². The van der Waals surface area contributed by atoms with Crippen LogP contribution in [0.2, 0.25) is 0 Å². The minimum Gasteiger partial charge on any atom is -0.495 e. The molecule has 0 unspecified atom stereocenters. The van der Waals surface area contributed by atoms with Crippen molar-refractivity contribution in [1.29, 1.82) is 0 Å². The molecule has 160 valence electrons. The Balaban J connectivity index is 0.00000420. The van der Waals surface area contributed by atoms with Crippen molar-refractivity contribution in [2.45, 2.75) is 46.7 Å². The molecule has 0 aliphatic rings. The van der Waals surface area contributed by atoms with Gasteiger partial charge in [-0.15, -0.1) is 35.3 Å². The minimum atomic E-state index is -0.141. The molecule has 7 nitrogen and oxygen atoms in total. The van der Waals surface area contributed by atoms with Crippen molar-refractivity contribution in [2.75, 3.05) is 19.0 Å². The van der Waals surface area contributed by atoms with Crippen LogP contribution in [0.15, 0.2) is 28.6 Å². The molecule has 0 radical (unpaired) electrons. The van der Waals surface area contributed by atoms with Gasteiger partial charge in [0.25, 0.3) is 0 Å². The molecule has 9 heteroatoms. The van der Waals surface area contributed by atoms with E-state index in [-0.39, 0.29) is 29.9 Å². The first-order valence-corrected chi connectivity index (χ1v) is 10.2. The Kier molecular flexibility index (Phi) is 11.0. The van der Waals surface area contributed by atoms with Crippen LogP contribution in [0.5, 0.6) is 5.75 Å². The predicted octanol–water partition coefficient (Wildman–Crippen LogP) is 4.11. The average Bonchev–Trinajstić information content (AvgIpc) is 3.13. The SMILES string of the molecule is CCNC(=NCc1ccc(OC)c(NC(C)=O)c1)NCc1nc(C(C)C)cs1.I. The Bertz CT molecular complexity index is 823. The number of aliphatic imine (C=N–C) groups is 1. The highest BCUT2D eigenvalue weighted by atomic mass is 127. The van der Waals surface area contributed by atoms with Crippen molar-refractivity contribution in [3.05, 3.63) is 39.8 Å². The summed E-state index contributed by atoms with van der Waals surface area (Å²) in [5, 5.41) is 12.5. The van der Waals surface area contributed by atoms with Crippen molar-refractivity contribution in [3.63, 3.8) is 0 Å². The van der Waals surface area contributed by atoms with Crippen LogP contribution in [0.25, 0.3) is 0 Å². The summed E-state index contributed by atoms with van der Waals surface area (Å²) >= 11 is 1.65. The first-order chi connectivity index (χ1) is 13.4. The Morgan fingerprint density at radius 1 is 1.31 bits per heavy atom. The number of anilines is 1. The highest BCUT2D eigenvalue weighted by molar-refractivity contribution is 14.0. The van der Waals surface area contributed by atoms with Crippen molar-refractivity contribution in [2.24, 2.45) is 4.99 Å². The molecule has 0 spiro atoms. The van der Waals surface area contributed by atoms with E-state index in [1.54, 1.807) is 18.4 Å². The van der Waals surface area contributed by atoms with E-state index in [1.165, 1.54) is 6.92 Å². The molecule has 1 aromatic heterocycles. The highest BCUT2D eigenvalue weighted by Gasteiger charge is 2.08. The largest absolute Gasteiger partial charge is 0.495 e. The zero-order valence-electron chi connectivity index (χ0n) is 17.5. The number of aromatic nitrogens is 1. The third-order valence-corrected chi connectivity index (χ3v) is 4.77. The van der Waals surface area contributed by atoms with E-state index in [9.17, 15) is 4.79 Å². The maximum absolute atomic E-state index is 11.4. The van der Waals surface area contributed by atoms with Gasteiger partial charge in [-0.25, -0.2) is 9.98 Å². The summed E-state index contributed by atoms with van der Waals surface area (Å²) in [7, 11) is 1.58. The lowest BCUT2D eigenvalue weighted by molar-refractivity contribution is -0.114. The summed E-state index contributed by atoms with van der Waals surface area (Å²) in [5.74, 6) is 1.64. The normalized spacial score (nSPS) is 11.0. The third kappa shape index (κ3) is 8.17. The summed E-state index contributed by atoms with van der Waals surface area (Å²) in [5.41, 5.74) is 2.73. The van der Waals surface area contributed by atoms with E-state index in [0.29, 0.717) is 30.4 Å². The van der Waals surface area contributed by atoms with Crippen molar-refractivity contribution >= 4 is 52.9 Å². The van der Waals surface area contributed by atoms with Crippen LogP contribution in [0.3, 0.4) is 0 Å². The van der Waals surface area contributed by atoms with E-state index in [2.05, 4.69) is 45.2 Å². The summed E-state index contributed by atoms with van der Waals surface area (Å²) in [6, 6.07) is 5.65. The topological polar surface area (TPSA) is 87.6 Å². The third-order valence-electron chi connectivity index (χ3n) is 3.91. The number of benzene rings is 1. The molecule has 0 fully saturated rings. The molecule has 1 amide bonds. The van der Waals surface area contributed by atoms with Crippen LogP contribution >= 0.6 is 35.3 Å². The monoisotopic (exact) mass is 531 g/mol. The summed E-state index contributed by atoms with van der Waals surface area (Å²) in [4.78, 5) is 20.7. The molecule has 0 saturated carbocycles. The van der Waals surface area contributed by atoms with Crippen LogP contribution < -0.4 is 20.7 Å². The Labute approximate surface area is 193 Å². The maximum Gasteiger partial charge on any atom is 0.221 e. The van der Waals surface area contributed by atoms with Gasteiger partial charge < -0.3 is 20.7 Å². The van der Waals surface area contributed by atoms with Gasteiger partial charge in [0.05, 0.1) is 31.6 Å². The van der Waals surface area contributed by atoms with Gasteiger partial charge in [-0.1, -0.05) is 19.9 Å². The van der Waals surface area contributed by atoms with Crippen molar-refractivity contribution < 1.29 is 9.53 Å². The fourth-order valence-corrected chi connectivity index (χ4v) is 3.38. The molecule has 0 bridgehead atoms. The number of nitrogens with one attached hydrogen (secondary N) is 3. The molecule has 2 rings (SSSR count). The zero-order valence-corrected chi connectivity index (χ0v) is 20.7. The van der Waals surface area contributed by atoms with Gasteiger partial charge in [-0.2, -0.15) is 0 Å². The summed E-state index contributed by atoms with van der Waals surface area (Å²) in [6.45, 7) is 9.65. The Hall–Kier alpha value is -1.88. The number of guanidine groups is 1. The van der Waals surface area contributed by atoms with E-state index in [4.69, 9.17) is 4.74 Å². The van der Waals surface area contributed by atoms with Gasteiger partial charge in [0.1, 0.15) is 10.8 Å². The van der Waals surface area contributed by atoms with Crippen LogP contribution in [0.1, 0.15) is 49.9 Å². The van der Waals surface area contributed by atoms with E-state index in [0.717, 1.165) is 28.8 Å². The quantitative estimate of drug-likeness (QED) is 0.271. The first kappa shape index (κ1) is 25.2. The molecule has 0 aliphatic heterocycles. The maximum atomic E-state index is 11.4. The van der Waals surface area contributed by atoms with Gasteiger partial charge in [-0.05, 0) is 30.5 Å². The van der Waals surface area contributed by atoms with Crippen molar-refractivity contribution in [3.8, 4) is 5.75 Å². The van der Waals surface area contributed by atoms with Gasteiger partial charge in [0.2, 0.25) is 5.91 Å². The second-order valence-corrected chi connectivity index (χ2v) is 7.53. The smallest absolute Gasteiger partial charge is 0.221 e. The molecule has 0 saturated heterocycles. The molecular formula is C20H30IN5O2S. The first-order valence-electron chi connectivity index (χ1n) is 9.33. The summed E-state index contributed by atoms with van der Waals surface area (Å²) in [6.07, 6.45) is 0. The molecule has 1 aromatic carbocycles. The molecule has 1 heterocycles. The Morgan fingerprint density at radius 3 is 2.66 bits per heavy atom. The van der Waals surface area contributed by atoms with Gasteiger partial charge >= 0.3 is 0 Å². The number of nitrogens with zero attached hydrogens (tertiary/aromatic N) is 2. The average molecular weight is 531 g/mol. The zero-order chi connectivity index (χ0) is 20.5. The number of methoxy groups -OCH3 is 1. The second-order valence-electron chi connectivity index (χ2n) is 6.59. The fourth-order valence-electron chi connectivity index (χ4n) is 2.48. The van der Waals surface area contributed by atoms with Gasteiger partial charge in [0, 0.05) is 18.8 Å². The molecule has 3 N–H and O–H groups in total. The van der Waals surface area contributed by atoms with Gasteiger partial charge in [0.15, 0.2) is 5.96 Å². The van der Waals surface area contributed by atoms with E-state index < -0.39 is 0 Å². The number of ether oxygens (including phenoxy) is 1. The number of carbonyl (C=O) groups is 1. The molecular weight excluding hydrogens is 501 g/mol. The lowest BCUT2D eigenvalue weighted by atomic mass is 10.2. The minimum absolute atomic E-state index is 0. The molecule has 0 atom stereocenters. The van der Waals surface area contributed by atoms with Crippen molar-refractivity contribution in [1.82, 2.24) is 15.6 Å². The number of rotatable bonds is 8. The number of thiazole rings is 1. The van der Waals surface area contributed by atoms with Crippen LogP contribution in [0.4, 0.5) is 5.69 Å². The Morgan fingerprint density at radius 2 is 2.07 bits per heavy atom. The van der Waals surface area contributed by atoms with E-state index in [1.807, 2.05) is 25.1 Å². The number of hydrogen-bond donors (Lipinski definition) is 3. The predicted molar refractivity (Wildman–Crippen MR) is 131 cm³/mol. The molecule has 0 aliphatic carbocycles. The van der Waals surface area contributed by atoms with Crippen LogP contribution in [-0.4, -0.2) is 30.5 Å². The highest BCUT2D eigenvalue weighted by Crippen LogP contribution is 2.25. The number of hydrogen-bond acceptors (Lipinski definition) is 5. The second kappa shape index (κ2) is 12.6. The van der Waals surface area contributed by atoms with Crippen LogP contribution in [-0.2, 0) is 17.9 Å². The fraction of sp³-hybridized carbons (Fsp3) is 0.450. The number of carbonyl (C=O) groups excluding carboxylic acids is 1. The standard InChI is InChI=1S/C20H29N5O2S.HI/c1-6-21-20(23-11-19-25-17(12-28-19)13(2)3)22-10-15-7-8-18(27-5)16(9-15)24-14(4)26;/h7-9,12-13H,6,10-11H2,1-5H3,(H,24,26)(H2,21,22,23);1H. The molecule has 29 heavy (non-hydrogen) atoms. The van der Waals surface area contributed by atoms with Crippen LogP contribution in [0, 0.1) is 0 Å². The lowest BCUT2D eigenvalue weighted by Crippen LogP contribution is -2.36.